The lowest BCUT2D eigenvalue weighted by Gasteiger charge is -2.01. The van der Waals surface area contributed by atoms with Gasteiger partial charge in [0.1, 0.15) is 11.3 Å². The maximum Gasteiger partial charge on any atom is 0.227 e. The van der Waals surface area contributed by atoms with E-state index in [1.165, 1.54) is 0 Å². The Morgan fingerprint density at radius 2 is 1.71 bits per heavy atom. The minimum absolute atomic E-state index is 0.271. The van der Waals surface area contributed by atoms with Crippen molar-refractivity contribution in [1.29, 1.82) is 0 Å². The third-order valence-electron chi connectivity index (χ3n) is 3.61. The molecule has 4 rings (SSSR count). The monoisotopic (exact) mass is 275 g/mol. The Labute approximate surface area is 121 Å². The smallest absolute Gasteiger partial charge is 0.227 e. The first-order valence-corrected chi connectivity index (χ1v) is 6.79. The molecule has 0 aliphatic carbocycles. The second-order valence-electron chi connectivity index (χ2n) is 5.24. The molecule has 0 amide bonds. The van der Waals surface area contributed by atoms with E-state index < -0.39 is 0 Å². The Kier molecular flexibility index (Phi) is 2.48. The third-order valence-corrected chi connectivity index (χ3v) is 3.61. The molecule has 21 heavy (non-hydrogen) atoms. The molecule has 0 saturated carbocycles. The molecule has 0 saturated heterocycles. The molecule has 3 aromatic carbocycles. The van der Waals surface area contributed by atoms with Gasteiger partial charge in [-0.05, 0) is 59.7 Å². The van der Waals surface area contributed by atoms with Crippen molar-refractivity contribution in [3.05, 3.63) is 60.2 Å². The van der Waals surface area contributed by atoms with Crippen molar-refractivity contribution in [1.82, 2.24) is 4.98 Å². The van der Waals surface area contributed by atoms with Gasteiger partial charge in [0, 0.05) is 5.56 Å². The summed E-state index contributed by atoms with van der Waals surface area (Å²) in [4.78, 5) is 4.55. The lowest BCUT2D eigenvalue weighted by molar-refractivity contribution is 0.476. The van der Waals surface area contributed by atoms with Gasteiger partial charge in [-0.15, -0.1) is 0 Å². The number of aromatic nitrogens is 1. The first-order chi connectivity index (χ1) is 10.2. The van der Waals surface area contributed by atoms with Gasteiger partial charge in [-0.2, -0.15) is 0 Å². The van der Waals surface area contributed by atoms with Gasteiger partial charge in [0.25, 0.3) is 0 Å². The van der Waals surface area contributed by atoms with E-state index in [0.717, 1.165) is 33.0 Å². The number of phenols is 1. The zero-order chi connectivity index (χ0) is 14.4. The summed E-state index contributed by atoms with van der Waals surface area (Å²) in [6.45, 7) is 2.04. The normalized spacial score (nSPS) is 11.3. The first-order valence-electron chi connectivity index (χ1n) is 6.79. The molecule has 0 spiro atoms. The molecule has 0 fully saturated rings. The number of hydrogen-bond donors (Lipinski definition) is 1. The van der Waals surface area contributed by atoms with Crippen LogP contribution in [0.1, 0.15) is 5.56 Å². The van der Waals surface area contributed by atoms with Gasteiger partial charge in [0.05, 0.1) is 0 Å². The number of rotatable bonds is 1. The summed E-state index contributed by atoms with van der Waals surface area (Å²) in [5.41, 5.74) is 3.76. The molecular weight excluding hydrogens is 262 g/mol. The highest BCUT2D eigenvalue weighted by atomic mass is 16.3. The average molecular weight is 275 g/mol. The zero-order valence-electron chi connectivity index (χ0n) is 11.5. The predicted octanol–water partition coefficient (Wildman–Crippen LogP) is 4.66. The van der Waals surface area contributed by atoms with E-state index in [-0.39, 0.29) is 5.75 Å². The minimum Gasteiger partial charge on any atom is -0.508 e. The van der Waals surface area contributed by atoms with E-state index in [1.807, 2.05) is 49.4 Å². The quantitative estimate of drug-likeness (QED) is 0.549. The van der Waals surface area contributed by atoms with Gasteiger partial charge >= 0.3 is 0 Å². The lowest BCUT2D eigenvalue weighted by Crippen LogP contribution is -1.79. The topological polar surface area (TPSA) is 46.3 Å². The number of benzene rings is 3. The Morgan fingerprint density at radius 1 is 0.905 bits per heavy atom. The summed E-state index contributed by atoms with van der Waals surface area (Å²) in [6, 6.07) is 17.2. The van der Waals surface area contributed by atoms with Crippen molar-refractivity contribution in [2.45, 2.75) is 6.92 Å². The largest absolute Gasteiger partial charge is 0.508 e. The maximum atomic E-state index is 9.51. The number of phenolic OH excluding ortho intramolecular Hbond substituents is 1. The summed E-state index contributed by atoms with van der Waals surface area (Å²) in [5, 5.41) is 11.5. The summed E-state index contributed by atoms with van der Waals surface area (Å²) < 4.78 is 5.82. The van der Waals surface area contributed by atoms with Gasteiger partial charge in [-0.1, -0.05) is 18.2 Å². The summed E-state index contributed by atoms with van der Waals surface area (Å²) in [7, 11) is 0. The molecule has 0 radical (unpaired) electrons. The van der Waals surface area contributed by atoms with Crippen molar-refractivity contribution in [3.8, 4) is 17.2 Å². The Balaban J connectivity index is 1.89. The second-order valence-corrected chi connectivity index (χ2v) is 5.24. The predicted molar refractivity (Wildman–Crippen MR) is 83.4 cm³/mol. The summed E-state index contributed by atoms with van der Waals surface area (Å²) >= 11 is 0. The minimum atomic E-state index is 0.271. The number of oxazole rings is 1. The standard InChI is InChI=1S/C18H13NO2/c1-11-2-7-17-16(8-11)19-18(21-17)14-4-3-13-10-15(20)6-5-12(13)9-14/h2-10,20H,1H3. The van der Waals surface area contributed by atoms with Crippen LogP contribution in [0.3, 0.4) is 0 Å². The second kappa shape index (κ2) is 4.35. The molecule has 1 aromatic heterocycles. The number of fused-ring (bicyclic) bond motifs is 2. The molecule has 3 nitrogen and oxygen atoms in total. The number of hydrogen-bond acceptors (Lipinski definition) is 3. The fourth-order valence-corrected chi connectivity index (χ4v) is 2.53. The van der Waals surface area contributed by atoms with Crippen LogP contribution in [0, 0.1) is 6.92 Å². The fraction of sp³-hybridized carbons (Fsp3) is 0.0556. The molecule has 0 unspecified atom stereocenters. The van der Waals surface area contributed by atoms with Crippen LogP contribution in [-0.2, 0) is 0 Å². The van der Waals surface area contributed by atoms with Crippen LogP contribution in [0.4, 0.5) is 0 Å². The lowest BCUT2D eigenvalue weighted by atomic mass is 10.1. The highest BCUT2D eigenvalue weighted by Gasteiger charge is 2.09. The molecular formula is C18H13NO2. The van der Waals surface area contributed by atoms with Gasteiger partial charge in [0.2, 0.25) is 5.89 Å². The first kappa shape index (κ1) is 12.0. The molecule has 4 aromatic rings. The van der Waals surface area contributed by atoms with Crippen molar-refractivity contribution in [3.63, 3.8) is 0 Å². The van der Waals surface area contributed by atoms with Crippen molar-refractivity contribution < 1.29 is 9.52 Å². The van der Waals surface area contributed by atoms with Crippen molar-refractivity contribution >= 4 is 21.9 Å². The Bertz CT molecular complexity index is 969. The van der Waals surface area contributed by atoms with Crippen LogP contribution in [-0.4, -0.2) is 10.1 Å². The van der Waals surface area contributed by atoms with Gasteiger partial charge < -0.3 is 9.52 Å². The third kappa shape index (κ3) is 2.03. The molecule has 3 heteroatoms. The SMILES string of the molecule is Cc1ccc2oc(-c3ccc4cc(O)ccc4c3)nc2c1. The van der Waals surface area contributed by atoms with Gasteiger partial charge in [0.15, 0.2) is 5.58 Å². The molecule has 1 heterocycles. The van der Waals surface area contributed by atoms with Crippen LogP contribution < -0.4 is 0 Å². The molecule has 1 N–H and O–H groups in total. The van der Waals surface area contributed by atoms with Crippen LogP contribution >= 0.6 is 0 Å². The van der Waals surface area contributed by atoms with Gasteiger partial charge in [-0.3, -0.25) is 0 Å². The number of aryl methyl sites for hydroxylation is 1. The van der Waals surface area contributed by atoms with Crippen molar-refractivity contribution in [2.24, 2.45) is 0 Å². The Hall–Kier alpha value is -2.81. The van der Waals surface area contributed by atoms with E-state index in [2.05, 4.69) is 4.98 Å². The fourth-order valence-electron chi connectivity index (χ4n) is 2.53. The maximum absolute atomic E-state index is 9.51. The molecule has 102 valence electrons. The van der Waals surface area contributed by atoms with Gasteiger partial charge in [-0.25, -0.2) is 4.98 Å². The number of aromatic hydroxyl groups is 1. The van der Waals surface area contributed by atoms with E-state index in [0.29, 0.717) is 5.89 Å². The summed E-state index contributed by atoms with van der Waals surface area (Å²) in [6.07, 6.45) is 0. The van der Waals surface area contributed by atoms with E-state index in [9.17, 15) is 5.11 Å². The Morgan fingerprint density at radius 3 is 2.62 bits per heavy atom. The highest BCUT2D eigenvalue weighted by Crippen LogP contribution is 2.28. The highest BCUT2D eigenvalue weighted by molar-refractivity contribution is 5.88. The van der Waals surface area contributed by atoms with Crippen molar-refractivity contribution in [2.75, 3.05) is 0 Å². The van der Waals surface area contributed by atoms with E-state index in [4.69, 9.17) is 4.42 Å². The average Bonchev–Trinajstić information content (AvgIpc) is 2.89. The summed E-state index contributed by atoms with van der Waals surface area (Å²) in [5.74, 6) is 0.887. The molecule has 0 atom stereocenters. The van der Waals surface area contributed by atoms with Crippen LogP contribution in [0.15, 0.2) is 59.0 Å². The van der Waals surface area contributed by atoms with E-state index in [1.54, 1.807) is 12.1 Å². The molecule has 0 aliphatic heterocycles. The van der Waals surface area contributed by atoms with Crippen LogP contribution in [0.2, 0.25) is 0 Å². The van der Waals surface area contributed by atoms with Crippen LogP contribution in [0.25, 0.3) is 33.3 Å². The van der Waals surface area contributed by atoms with E-state index >= 15 is 0 Å². The number of nitrogens with zero attached hydrogens (tertiary/aromatic N) is 1. The zero-order valence-corrected chi connectivity index (χ0v) is 11.5. The van der Waals surface area contributed by atoms with Crippen LogP contribution in [0.5, 0.6) is 5.75 Å². The molecule has 0 bridgehead atoms. The molecule has 0 aliphatic rings.